The highest BCUT2D eigenvalue weighted by Gasteiger charge is 2.14. The van der Waals surface area contributed by atoms with Gasteiger partial charge in [0.2, 0.25) is 5.95 Å². The third-order valence-corrected chi connectivity index (χ3v) is 5.38. The molecule has 0 spiro atoms. The van der Waals surface area contributed by atoms with Gasteiger partial charge in [-0.05, 0) is 61.1 Å². The van der Waals surface area contributed by atoms with Crippen molar-refractivity contribution in [2.45, 2.75) is 32.1 Å². The van der Waals surface area contributed by atoms with Gasteiger partial charge in [0.25, 0.3) is 5.91 Å². The van der Waals surface area contributed by atoms with Crippen LogP contribution in [0.25, 0.3) is 0 Å². The summed E-state index contributed by atoms with van der Waals surface area (Å²) in [6.07, 6.45) is 9.07. The first-order chi connectivity index (χ1) is 14.6. The number of rotatable bonds is 5. The fraction of sp³-hybridized carbons (Fsp3) is 0.273. The van der Waals surface area contributed by atoms with Gasteiger partial charge in [-0.25, -0.2) is 9.97 Å². The number of carbonyl (C=O) groups is 1. The Balaban J connectivity index is 1.57. The van der Waals surface area contributed by atoms with E-state index in [9.17, 15) is 4.79 Å². The van der Waals surface area contributed by atoms with Crippen LogP contribution in [0.4, 0.5) is 23.1 Å². The Morgan fingerprint density at radius 2 is 1.87 bits per heavy atom. The third kappa shape index (κ3) is 4.52. The first-order valence-corrected chi connectivity index (χ1v) is 10.4. The first kappa shape index (κ1) is 20.1. The maximum Gasteiger partial charge on any atom is 0.271 e. The van der Waals surface area contributed by atoms with Gasteiger partial charge in [-0.2, -0.15) is 4.98 Å². The minimum absolute atomic E-state index is 0.259. The summed E-state index contributed by atoms with van der Waals surface area (Å²) in [5, 5.41) is 9.27. The van der Waals surface area contributed by atoms with Gasteiger partial charge in [0, 0.05) is 18.9 Å². The predicted octanol–water partition coefficient (Wildman–Crippen LogP) is 4.64. The largest absolute Gasteiger partial charge is 0.354 e. The second kappa shape index (κ2) is 9.09. The molecule has 0 bridgehead atoms. The quantitative estimate of drug-likeness (QED) is 0.519. The molecule has 0 saturated heterocycles. The minimum atomic E-state index is -0.299. The van der Waals surface area contributed by atoms with Crippen molar-refractivity contribution in [1.82, 2.24) is 20.3 Å². The number of benzene rings is 1. The van der Waals surface area contributed by atoms with E-state index >= 15 is 0 Å². The van der Waals surface area contributed by atoms with Crippen LogP contribution >= 0.6 is 11.6 Å². The molecule has 7 nitrogen and oxygen atoms in total. The van der Waals surface area contributed by atoms with Gasteiger partial charge in [0.1, 0.15) is 5.02 Å². The zero-order valence-electron chi connectivity index (χ0n) is 16.7. The lowest BCUT2D eigenvalue weighted by Crippen LogP contribution is -2.20. The van der Waals surface area contributed by atoms with E-state index in [1.54, 1.807) is 25.4 Å². The van der Waals surface area contributed by atoms with E-state index in [1.165, 1.54) is 36.6 Å². The molecule has 1 aliphatic carbocycles. The molecule has 0 unspecified atom stereocenters. The Bertz CT molecular complexity index is 1070. The molecule has 8 heteroatoms. The Labute approximate surface area is 180 Å². The molecule has 1 aromatic carbocycles. The predicted molar refractivity (Wildman–Crippen MR) is 119 cm³/mol. The number of carbonyl (C=O) groups excluding carboxylic acids is 1. The molecule has 1 amide bonds. The van der Waals surface area contributed by atoms with Crippen molar-refractivity contribution in [3.63, 3.8) is 0 Å². The number of aromatic nitrogens is 3. The summed E-state index contributed by atoms with van der Waals surface area (Å²) in [4.78, 5) is 25.0. The molecule has 30 heavy (non-hydrogen) atoms. The van der Waals surface area contributed by atoms with Gasteiger partial charge in [-0.3, -0.25) is 4.79 Å². The zero-order valence-corrected chi connectivity index (χ0v) is 17.5. The van der Waals surface area contributed by atoms with E-state index in [0.29, 0.717) is 22.5 Å². The van der Waals surface area contributed by atoms with E-state index in [-0.39, 0.29) is 11.6 Å². The molecular formula is C22H23ClN6O. The van der Waals surface area contributed by atoms with Gasteiger partial charge in [-0.15, -0.1) is 0 Å². The summed E-state index contributed by atoms with van der Waals surface area (Å²) in [6, 6.07) is 9.90. The number of nitrogens with one attached hydrogen (secondary N) is 3. The molecule has 0 radical (unpaired) electrons. The molecule has 0 saturated carbocycles. The van der Waals surface area contributed by atoms with E-state index in [1.807, 2.05) is 0 Å². The number of pyridine rings is 1. The van der Waals surface area contributed by atoms with Crippen LogP contribution in [0.1, 0.15) is 40.9 Å². The van der Waals surface area contributed by atoms with E-state index < -0.39 is 0 Å². The van der Waals surface area contributed by atoms with Crippen molar-refractivity contribution in [2.24, 2.45) is 0 Å². The second-order valence-corrected chi connectivity index (χ2v) is 7.57. The Kier molecular flexibility index (Phi) is 6.09. The number of amides is 1. The number of anilines is 4. The van der Waals surface area contributed by atoms with Gasteiger partial charge in [-0.1, -0.05) is 24.1 Å². The standard InChI is InChI=1S/C22H23ClN6O/c1-24-21(30)19-18(8-5-11-25-19)28-20-17(23)13-26-22(29-20)27-16-10-9-14-6-3-2-4-7-15(14)12-16/h5,8-13H,2-4,6-7H2,1H3,(H,24,30)(H2,26,27,28,29). The lowest BCUT2D eigenvalue weighted by Gasteiger charge is -2.13. The van der Waals surface area contributed by atoms with Crippen molar-refractivity contribution < 1.29 is 4.79 Å². The molecule has 2 aromatic heterocycles. The van der Waals surface area contributed by atoms with E-state index in [2.05, 4.69) is 49.1 Å². The monoisotopic (exact) mass is 422 g/mol. The number of hydrogen-bond donors (Lipinski definition) is 3. The van der Waals surface area contributed by atoms with Crippen LogP contribution in [0.3, 0.4) is 0 Å². The average molecular weight is 423 g/mol. The number of hydrogen-bond acceptors (Lipinski definition) is 6. The first-order valence-electron chi connectivity index (χ1n) is 9.99. The normalized spacial score (nSPS) is 13.1. The molecule has 0 atom stereocenters. The summed E-state index contributed by atoms with van der Waals surface area (Å²) in [5.41, 5.74) is 4.52. The zero-order chi connectivity index (χ0) is 20.9. The lowest BCUT2D eigenvalue weighted by atomic mass is 10.0. The van der Waals surface area contributed by atoms with Crippen LogP contribution < -0.4 is 16.0 Å². The molecular weight excluding hydrogens is 400 g/mol. The van der Waals surface area contributed by atoms with Crippen LogP contribution in [0.5, 0.6) is 0 Å². The molecule has 4 rings (SSSR count). The van der Waals surface area contributed by atoms with Crippen LogP contribution in [0, 0.1) is 0 Å². The Morgan fingerprint density at radius 1 is 1.03 bits per heavy atom. The number of halogens is 1. The summed E-state index contributed by atoms with van der Waals surface area (Å²) in [5.74, 6) is 0.509. The van der Waals surface area contributed by atoms with Crippen LogP contribution in [0.15, 0.2) is 42.7 Å². The summed E-state index contributed by atoms with van der Waals surface area (Å²) < 4.78 is 0. The van der Waals surface area contributed by atoms with Gasteiger partial charge in [0.05, 0.1) is 11.9 Å². The highest BCUT2D eigenvalue weighted by molar-refractivity contribution is 6.33. The van der Waals surface area contributed by atoms with Gasteiger partial charge >= 0.3 is 0 Å². The van der Waals surface area contributed by atoms with Crippen molar-refractivity contribution in [3.05, 3.63) is 64.6 Å². The molecule has 3 N–H and O–H groups in total. The Morgan fingerprint density at radius 3 is 2.70 bits per heavy atom. The fourth-order valence-electron chi connectivity index (χ4n) is 3.57. The number of nitrogens with zero attached hydrogens (tertiary/aromatic N) is 3. The van der Waals surface area contributed by atoms with Gasteiger partial charge < -0.3 is 16.0 Å². The summed E-state index contributed by atoms with van der Waals surface area (Å²) in [6.45, 7) is 0. The average Bonchev–Trinajstić information content (AvgIpc) is 3.01. The highest BCUT2D eigenvalue weighted by Crippen LogP contribution is 2.28. The summed E-state index contributed by atoms with van der Waals surface area (Å²) in [7, 11) is 1.56. The molecule has 2 heterocycles. The van der Waals surface area contributed by atoms with Crippen LogP contribution in [0.2, 0.25) is 5.02 Å². The van der Waals surface area contributed by atoms with Crippen LogP contribution in [-0.2, 0) is 12.8 Å². The maximum atomic E-state index is 12.1. The lowest BCUT2D eigenvalue weighted by molar-refractivity contribution is 0.0959. The van der Waals surface area contributed by atoms with Crippen molar-refractivity contribution >= 4 is 40.6 Å². The van der Waals surface area contributed by atoms with E-state index in [4.69, 9.17) is 11.6 Å². The third-order valence-electron chi connectivity index (χ3n) is 5.10. The molecule has 0 aliphatic heterocycles. The van der Waals surface area contributed by atoms with Crippen molar-refractivity contribution in [2.75, 3.05) is 17.7 Å². The fourth-order valence-corrected chi connectivity index (χ4v) is 3.70. The van der Waals surface area contributed by atoms with Crippen molar-refractivity contribution in [3.8, 4) is 0 Å². The van der Waals surface area contributed by atoms with Gasteiger partial charge in [0.15, 0.2) is 11.5 Å². The highest BCUT2D eigenvalue weighted by atomic mass is 35.5. The van der Waals surface area contributed by atoms with Crippen LogP contribution in [-0.4, -0.2) is 27.9 Å². The van der Waals surface area contributed by atoms with Crippen molar-refractivity contribution in [1.29, 1.82) is 0 Å². The second-order valence-electron chi connectivity index (χ2n) is 7.16. The topological polar surface area (TPSA) is 91.8 Å². The SMILES string of the molecule is CNC(=O)c1ncccc1Nc1nc(Nc2ccc3c(c2)CCCCC3)ncc1Cl. The maximum absolute atomic E-state index is 12.1. The molecule has 1 aliphatic rings. The number of aryl methyl sites for hydroxylation is 2. The smallest absolute Gasteiger partial charge is 0.271 e. The van der Waals surface area contributed by atoms with E-state index in [0.717, 1.165) is 18.5 Å². The number of fused-ring (bicyclic) bond motifs is 1. The molecule has 0 fully saturated rings. The minimum Gasteiger partial charge on any atom is -0.354 e. The Hall–Kier alpha value is -3.19. The molecule has 3 aromatic rings. The summed E-state index contributed by atoms with van der Waals surface area (Å²) >= 11 is 6.29. The molecule has 154 valence electrons.